The first-order chi connectivity index (χ1) is 9.33. The molecule has 0 aromatic heterocycles. The maximum Gasteiger partial charge on any atom is 0.307 e. The van der Waals surface area contributed by atoms with E-state index in [0.717, 1.165) is 19.5 Å². The van der Waals surface area contributed by atoms with Gasteiger partial charge in [0.1, 0.15) is 0 Å². The van der Waals surface area contributed by atoms with Gasteiger partial charge in [-0.2, -0.15) is 0 Å². The Morgan fingerprint density at radius 2 is 1.85 bits per heavy atom. The van der Waals surface area contributed by atoms with Crippen LogP contribution in [0.25, 0.3) is 0 Å². The molecule has 5 nitrogen and oxygen atoms in total. The summed E-state index contributed by atoms with van der Waals surface area (Å²) < 4.78 is 16.1. The maximum absolute atomic E-state index is 12.0. The number of nitrogens with zero attached hydrogens (tertiary/aromatic N) is 1. The molecule has 1 saturated heterocycles. The zero-order valence-electron chi connectivity index (χ0n) is 13.5. The molecule has 0 aromatic rings. The molecule has 0 aliphatic carbocycles. The molecule has 1 rings (SSSR count). The minimum atomic E-state index is -0.278. The molecule has 0 amide bonds. The van der Waals surface area contributed by atoms with Crippen molar-refractivity contribution < 1.29 is 19.0 Å². The lowest BCUT2D eigenvalue weighted by molar-refractivity contribution is -0.149. The van der Waals surface area contributed by atoms with E-state index >= 15 is 0 Å². The fourth-order valence-corrected chi connectivity index (χ4v) is 2.90. The van der Waals surface area contributed by atoms with Crippen LogP contribution in [0.4, 0.5) is 0 Å². The van der Waals surface area contributed by atoms with Crippen molar-refractivity contribution in [3.05, 3.63) is 0 Å². The largest absolute Gasteiger partial charge is 0.466 e. The van der Waals surface area contributed by atoms with Gasteiger partial charge in [-0.1, -0.05) is 0 Å². The van der Waals surface area contributed by atoms with Crippen molar-refractivity contribution in [2.75, 3.05) is 40.0 Å². The van der Waals surface area contributed by atoms with Gasteiger partial charge in [-0.05, 0) is 34.1 Å². The van der Waals surface area contributed by atoms with E-state index < -0.39 is 0 Å². The van der Waals surface area contributed by atoms with Crippen LogP contribution in [-0.2, 0) is 19.0 Å². The third kappa shape index (κ3) is 5.04. The van der Waals surface area contributed by atoms with E-state index in [1.165, 1.54) is 0 Å². The predicted molar refractivity (Wildman–Crippen MR) is 77.8 cm³/mol. The molecule has 1 heterocycles. The van der Waals surface area contributed by atoms with Gasteiger partial charge >= 0.3 is 5.97 Å². The SMILES string of the molecule is CCOC(=O)CC(C)(CC(C)(C)OC)N1CCOCC1. The number of rotatable bonds is 7. The van der Waals surface area contributed by atoms with Crippen LogP contribution in [0.15, 0.2) is 0 Å². The van der Waals surface area contributed by atoms with E-state index in [0.29, 0.717) is 26.2 Å². The zero-order chi connectivity index (χ0) is 15.2. The van der Waals surface area contributed by atoms with Crippen LogP contribution in [0.3, 0.4) is 0 Å². The molecule has 118 valence electrons. The van der Waals surface area contributed by atoms with Gasteiger partial charge in [-0.3, -0.25) is 9.69 Å². The Morgan fingerprint density at radius 3 is 2.35 bits per heavy atom. The van der Waals surface area contributed by atoms with Gasteiger partial charge < -0.3 is 14.2 Å². The minimum absolute atomic E-state index is 0.145. The topological polar surface area (TPSA) is 48.0 Å². The Labute approximate surface area is 122 Å². The second-order valence-electron chi connectivity index (χ2n) is 6.22. The summed E-state index contributed by atoms with van der Waals surface area (Å²) in [5.74, 6) is -0.145. The molecule has 20 heavy (non-hydrogen) atoms. The smallest absolute Gasteiger partial charge is 0.307 e. The Kier molecular flexibility index (Phi) is 6.43. The average Bonchev–Trinajstić information content (AvgIpc) is 2.39. The number of hydrogen-bond donors (Lipinski definition) is 0. The van der Waals surface area contributed by atoms with E-state index in [-0.39, 0.29) is 17.1 Å². The second kappa shape index (κ2) is 7.38. The van der Waals surface area contributed by atoms with E-state index in [1.807, 2.05) is 6.92 Å². The lowest BCUT2D eigenvalue weighted by atomic mass is 9.83. The predicted octanol–water partition coefficient (Wildman–Crippen LogP) is 1.85. The summed E-state index contributed by atoms with van der Waals surface area (Å²) in [4.78, 5) is 14.3. The quantitative estimate of drug-likeness (QED) is 0.669. The Morgan fingerprint density at radius 1 is 1.25 bits per heavy atom. The maximum atomic E-state index is 12.0. The summed E-state index contributed by atoms with van der Waals surface area (Å²) in [6, 6.07) is 0. The average molecular weight is 287 g/mol. The van der Waals surface area contributed by atoms with Crippen LogP contribution in [0.5, 0.6) is 0 Å². The van der Waals surface area contributed by atoms with E-state index in [9.17, 15) is 4.79 Å². The normalized spacial score (nSPS) is 20.4. The van der Waals surface area contributed by atoms with Crippen molar-refractivity contribution in [1.82, 2.24) is 4.90 Å². The highest BCUT2D eigenvalue weighted by Crippen LogP contribution is 2.32. The monoisotopic (exact) mass is 287 g/mol. The first-order valence-corrected chi connectivity index (χ1v) is 7.36. The number of carbonyl (C=O) groups is 1. The van der Waals surface area contributed by atoms with Crippen molar-refractivity contribution >= 4 is 5.97 Å². The molecule has 1 atom stereocenters. The third-order valence-corrected chi connectivity index (χ3v) is 3.96. The number of esters is 1. The lowest BCUT2D eigenvalue weighted by Crippen LogP contribution is -2.55. The van der Waals surface area contributed by atoms with Gasteiger partial charge in [0.15, 0.2) is 0 Å². The van der Waals surface area contributed by atoms with Gasteiger partial charge in [0, 0.05) is 25.7 Å². The van der Waals surface area contributed by atoms with Crippen molar-refractivity contribution in [2.45, 2.75) is 51.7 Å². The molecule has 1 fully saturated rings. The Bertz CT molecular complexity index is 313. The summed E-state index contributed by atoms with van der Waals surface area (Å²) in [6.07, 6.45) is 1.16. The van der Waals surface area contributed by atoms with E-state index in [4.69, 9.17) is 14.2 Å². The highest BCUT2D eigenvalue weighted by Gasteiger charge is 2.40. The summed E-state index contributed by atoms with van der Waals surface area (Å²) >= 11 is 0. The Hall–Kier alpha value is -0.650. The van der Waals surface area contributed by atoms with E-state index in [2.05, 4.69) is 25.7 Å². The molecule has 5 heteroatoms. The molecule has 1 aliphatic heterocycles. The molecule has 0 radical (unpaired) electrons. The molecule has 0 N–H and O–H groups in total. The summed E-state index contributed by atoms with van der Waals surface area (Å²) in [7, 11) is 1.71. The van der Waals surface area contributed by atoms with Crippen LogP contribution in [0.1, 0.15) is 40.5 Å². The van der Waals surface area contributed by atoms with Crippen molar-refractivity contribution in [2.24, 2.45) is 0 Å². The molecule has 1 aliphatic rings. The van der Waals surface area contributed by atoms with Crippen molar-refractivity contribution in [3.63, 3.8) is 0 Å². The van der Waals surface area contributed by atoms with Crippen molar-refractivity contribution in [3.8, 4) is 0 Å². The number of methoxy groups -OCH3 is 1. The second-order valence-corrected chi connectivity index (χ2v) is 6.22. The number of carbonyl (C=O) groups excluding carboxylic acids is 1. The first-order valence-electron chi connectivity index (χ1n) is 7.36. The van der Waals surface area contributed by atoms with Gasteiger partial charge in [0.05, 0.1) is 31.8 Å². The van der Waals surface area contributed by atoms with E-state index in [1.54, 1.807) is 7.11 Å². The molecule has 0 saturated carbocycles. The standard InChI is InChI=1S/C15H29NO4/c1-6-20-13(17)11-15(4,12-14(2,3)18-5)16-7-9-19-10-8-16/h6-12H2,1-5H3. The van der Waals surface area contributed by atoms with Gasteiger partial charge in [-0.15, -0.1) is 0 Å². The fraction of sp³-hybridized carbons (Fsp3) is 0.933. The van der Waals surface area contributed by atoms with Crippen LogP contribution < -0.4 is 0 Å². The van der Waals surface area contributed by atoms with Gasteiger partial charge in [0.25, 0.3) is 0 Å². The fourth-order valence-electron chi connectivity index (χ4n) is 2.90. The molecule has 0 bridgehead atoms. The minimum Gasteiger partial charge on any atom is -0.466 e. The summed E-state index contributed by atoms with van der Waals surface area (Å²) in [6.45, 7) is 11.6. The zero-order valence-corrected chi connectivity index (χ0v) is 13.5. The molecular formula is C15H29NO4. The summed E-state index contributed by atoms with van der Waals surface area (Å²) in [5.41, 5.74) is -0.547. The first kappa shape index (κ1) is 17.4. The molecular weight excluding hydrogens is 258 g/mol. The number of ether oxygens (including phenoxy) is 3. The van der Waals surface area contributed by atoms with Crippen LogP contribution >= 0.6 is 0 Å². The Balaban J connectivity index is 2.83. The van der Waals surface area contributed by atoms with Crippen molar-refractivity contribution in [1.29, 1.82) is 0 Å². The molecule has 0 aromatic carbocycles. The number of hydrogen-bond acceptors (Lipinski definition) is 5. The highest BCUT2D eigenvalue weighted by molar-refractivity contribution is 5.70. The van der Waals surface area contributed by atoms with Gasteiger partial charge in [0.2, 0.25) is 0 Å². The van der Waals surface area contributed by atoms with Gasteiger partial charge in [-0.25, -0.2) is 0 Å². The van der Waals surface area contributed by atoms with Crippen LogP contribution in [0, 0.1) is 0 Å². The summed E-state index contributed by atoms with van der Waals surface area (Å²) in [5, 5.41) is 0. The van der Waals surface area contributed by atoms with Crippen LogP contribution in [-0.4, -0.2) is 62.0 Å². The molecule has 0 spiro atoms. The molecule has 1 unspecified atom stereocenters. The highest BCUT2D eigenvalue weighted by atomic mass is 16.5. The third-order valence-electron chi connectivity index (χ3n) is 3.96. The number of morpholine rings is 1. The van der Waals surface area contributed by atoms with Crippen LogP contribution in [0.2, 0.25) is 0 Å². The lowest BCUT2D eigenvalue weighted by Gasteiger charge is -2.46.